The molecule has 0 saturated carbocycles. The molecule has 1 aromatic carbocycles. The van der Waals surface area contributed by atoms with Gasteiger partial charge in [0, 0.05) is 6.07 Å². The molecule has 0 saturated heterocycles. The van der Waals surface area contributed by atoms with Gasteiger partial charge in [-0.2, -0.15) is 0 Å². The lowest BCUT2D eigenvalue weighted by Gasteiger charge is -2.20. The Labute approximate surface area is 110 Å². The predicted octanol–water partition coefficient (Wildman–Crippen LogP) is 1.91. The highest BCUT2D eigenvalue weighted by Crippen LogP contribution is 2.21. The van der Waals surface area contributed by atoms with E-state index in [2.05, 4.69) is 6.58 Å². The summed E-state index contributed by atoms with van der Waals surface area (Å²) < 4.78 is 9.88. The molecule has 1 aromatic rings. The molecular weight excluding hydrogens is 250 g/mol. The van der Waals surface area contributed by atoms with E-state index in [1.165, 1.54) is 13.2 Å². The van der Waals surface area contributed by atoms with Crippen LogP contribution in [0.25, 0.3) is 0 Å². The van der Waals surface area contributed by atoms with Crippen molar-refractivity contribution < 1.29 is 24.2 Å². The summed E-state index contributed by atoms with van der Waals surface area (Å²) in [6, 6.07) is 6.50. The first kappa shape index (κ1) is 14.6. The zero-order valence-electron chi connectivity index (χ0n) is 10.5. The maximum Gasteiger partial charge on any atom is 0.415 e. The fourth-order valence-electron chi connectivity index (χ4n) is 1.38. The molecule has 102 valence electrons. The van der Waals surface area contributed by atoms with E-state index in [0.717, 1.165) is 4.90 Å². The number of hydrogen-bond acceptors (Lipinski definition) is 4. The third kappa shape index (κ3) is 4.34. The highest BCUT2D eigenvalue weighted by Gasteiger charge is 2.20. The van der Waals surface area contributed by atoms with Gasteiger partial charge in [-0.15, -0.1) is 0 Å². The summed E-state index contributed by atoms with van der Waals surface area (Å²) in [6.07, 6.45) is 0.651. The topological polar surface area (TPSA) is 76.1 Å². The summed E-state index contributed by atoms with van der Waals surface area (Å²) in [5.41, 5.74) is 0.385. The molecule has 0 atom stereocenters. The van der Waals surface area contributed by atoms with Crippen molar-refractivity contribution in [3.8, 4) is 5.75 Å². The number of benzene rings is 1. The molecule has 0 aliphatic carbocycles. The van der Waals surface area contributed by atoms with Crippen LogP contribution in [-0.4, -0.2) is 37.4 Å². The summed E-state index contributed by atoms with van der Waals surface area (Å²) in [7, 11) is 1.48. The van der Waals surface area contributed by atoms with E-state index < -0.39 is 18.6 Å². The molecule has 0 aliphatic heterocycles. The molecule has 1 amide bonds. The predicted molar refractivity (Wildman–Crippen MR) is 69.5 cm³/mol. The lowest BCUT2D eigenvalue weighted by atomic mass is 10.2. The highest BCUT2D eigenvalue weighted by atomic mass is 16.6. The van der Waals surface area contributed by atoms with E-state index in [4.69, 9.17) is 14.6 Å². The third-order valence-electron chi connectivity index (χ3n) is 2.20. The van der Waals surface area contributed by atoms with Crippen molar-refractivity contribution in [3.63, 3.8) is 0 Å². The molecule has 6 heteroatoms. The Kier molecular flexibility index (Phi) is 5.40. The Morgan fingerprint density at radius 2 is 2.21 bits per heavy atom. The molecule has 1 N–H and O–H groups in total. The second-order valence-corrected chi connectivity index (χ2v) is 3.55. The number of amides is 1. The number of nitrogens with zero attached hydrogens (tertiary/aromatic N) is 1. The first-order valence-electron chi connectivity index (χ1n) is 5.49. The fraction of sp³-hybridized carbons (Fsp3) is 0.231. The van der Waals surface area contributed by atoms with Gasteiger partial charge in [-0.05, 0) is 12.1 Å². The summed E-state index contributed by atoms with van der Waals surface area (Å²) in [5, 5.41) is 8.85. The normalized spacial score (nSPS) is 9.53. The van der Waals surface area contributed by atoms with Crippen LogP contribution in [0.4, 0.5) is 10.5 Å². The number of hydrogen-bond donors (Lipinski definition) is 1. The maximum absolute atomic E-state index is 11.8. The molecular formula is C13H15NO5. The number of ether oxygens (including phenoxy) is 2. The van der Waals surface area contributed by atoms with Crippen molar-refractivity contribution >= 4 is 17.7 Å². The fourth-order valence-corrected chi connectivity index (χ4v) is 1.38. The van der Waals surface area contributed by atoms with E-state index in [9.17, 15) is 9.59 Å². The molecule has 0 spiro atoms. The molecule has 0 aliphatic rings. The molecule has 6 nitrogen and oxygen atoms in total. The van der Waals surface area contributed by atoms with Gasteiger partial charge in [0.2, 0.25) is 0 Å². The van der Waals surface area contributed by atoms with Gasteiger partial charge in [-0.25, -0.2) is 4.79 Å². The van der Waals surface area contributed by atoms with Crippen molar-refractivity contribution in [3.05, 3.63) is 36.9 Å². The lowest BCUT2D eigenvalue weighted by Crippen LogP contribution is -2.36. The second-order valence-electron chi connectivity index (χ2n) is 3.55. The number of carbonyl (C=O) groups is 2. The standard InChI is InChI=1S/C13H15NO5/c1-3-7-19-13(17)14(9-12(15)16)10-5-4-6-11(8-10)18-2/h3-6,8H,1,7,9H2,2H3,(H,15,16). The molecule has 0 radical (unpaired) electrons. The summed E-state index contributed by atoms with van der Waals surface area (Å²) in [6.45, 7) is 2.94. The summed E-state index contributed by atoms with van der Waals surface area (Å²) in [4.78, 5) is 23.6. The van der Waals surface area contributed by atoms with Crippen LogP contribution < -0.4 is 9.64 Å². The quantitative estimate of drug-likeness (QED) is 0.795. The minimum absolute atomic E-state index is 0.0128. The molecule has 0 fully saturated rings. The van der Waals surface area contributed by atoms with Gasteiger partial charge in [-0.1, -0.05) is 18.7 Å². The number of aliphatic carboxylic acids is 1. The van der Waals surface area contributed by atoms with Crippen molar-refractivity contribution in [2.24, 2.45) is 0 Å². The Hall–Kier alpha value is -2.50. The SMILES string of the molecule is C=CCOC(=O)N(CC(=O)O)c1cccc(OC)c1. The number of rotatable bonds is 6. The van der Waals surface area contributed by atoms with Crippen LogP contribution in [0, 0.1) is 0 Å². The molecule has 0 aromatic heterocycles. The zero-order valence-corrected chi connectivity index (χ0v) is 10.5. The van der Waals surface area contributed by atoms with E-state index in [-0.39, 0.29) is 6.61 Å². The number of carbonyl (C=O) groups excluding carboxylic acids is 1. The monoisotopic (exact) mass is 265 g/mol. The minimum atomic E-state index is -1.14. The first-order chi connectivity index (χ1) is 9.08. The van der Waals surface area contributed by atoms with Crippen molar-refractivity contribution in [2.45, 2.75) is 0 Å². The number of carboxylic acids is 1. The Balaban J connectivity index is 2.97. The zero-order chi connectivity index (χ0) is 14.3. The van der Waals surface area contributed by atoms with E-state index in [0.29, 0.717) is 11.4 Å². The van der Waals surface area contributed by atoms with E-state index in [1.54, 1.807) is 24.3 Å². The van der Waals surface area contributed by atoms with Gasteiger partial charge in [0.25, 0.3) is 0 Å². The van der Waals surface area contributed by atoms with Crippen LogP contribution in [0.5, 0.6) is 5.75 Å². The van der Waals surface area contributed by atoms with Crippen molar-refractivity contribution in [1.82, 2.24) is 0 Å². The van der Waals surface area contributed by atoms with Crippen LogP contribution in [0.1, 0.15) is 0 Å². The number of anilines is 1. The Morgan fingerprint density at radius 3 is 2.79 bits per heavy atom. The first-order valence-corrected chi connectivity index (χ1v) is 5.49. The van der Waals surface area contributed by atoms with Gasteiger partial charge in [0.1, 0.15) is 18.9 Å². The third-order valence-corrected chi connectivity index (χ3v) is 2.20. The maximum atomic E-state index is 11.8. The molecule has 19 heavy (non-hydrogen) atoms. The average molecular weight is 265 g/mol. The van der Waals surface area contributed by atoms with Crippen LogP contribution in [0.3, 0.4) is 0 Å². The minimum Gasteiger partial charge on any atom is -0.497 e. The summed E-state index contributed by atoms with van der Waals surface area (Å²) >= 11 is 0. The molecule has 0 unspecified atom stereocenters. The van der Waals surface area contributed by atoms with Crippen LogP contribution >= 0.6 is 0 Å². The average Bonchev–Trinajstić information content (AvgIpc) is 2.42. The van der Waals surface area contributed by atoms with E-state index in [1.807, 2.05) is 0 Å². The molecule has 0 bridgehead atoms. The Morgan fingerprint density at radius 1 is 1.47 bits per heavy atom. The second kappa shape index (κ2) is 7.05. The smallest absolute Gasteiger partial charge is 0.415 e. The number of carboxylic acid groups (broad SMARTS) is 1. The van der Waals surface area contributed by atoms with Crippen molar-refractivity contribution in [1.29, 1.82) is 0 Å². The van der Waals surface area contributed by atoms with Gasteiger partial charge >= 0.3 is 12.1 Å². The number of methoxy groups -OCH3 is 1. The van der Waals surface area contributed by atoms with Crippen LogP contribution in [0.15, 0.2) is 36.9 Å². The lowest BCUT2D eigenvalue weighted by molar-refractivity contribution is -0.135. The van der Waals surface area contributed by atoms with Gasteiger partial charge in [-0.3, -0.25) is 9.69 Å². The van der Waals surface area contributed by atoms with Gasteiger partial charge < -0.3 is 14.6 Å². The van der Waals surface area contributed by atoms with Crippen molar-refractivity contribution in [2.75, 3.05) is 25.2 Å². The van der Waals surface area contributed by atoms with E-state index >= 15 is 0 Å². The largest absolute Gasteiger partial charge is 0.497 e. The van der Waals surface area contributed by atoms with Gasteiger partial charge in [0.15, 0.2) is 0 Å². The Bertz CT molecular complexity index is 472. The van der Waals surface area contributed by atoms with Crippen LogP contribution in [-0.2, 0) is 9.53 Å². The highest BCUT2D eigenvalue weighted by molar-refractivity contribution is 5.93. The molecule has 0 heterocycles. The van der Waals surface area contributed by atoms with Crippen LogP contribution in [0.2, 0.25) is 0 Å². The molecule has 1 rings (SSSR count). The van der Waals surface area contributed by atoms with Gasteiger partial charge in [0.05, 0.1) is 12.8 Å². The summed E-state index contributed by atoms with van der Waals surface area (Å²) in [5.74, 6) is -0.622.